The summed E-state index contributed by atoms with van der Waals surface area (Å²) in [4.78, 5) is 23.2. The maximum Gasteiger partial charge on any atom is 0.243 e. The molecule has 9 heteroatoms. The van der Waals surface area contributed by atoms with E-state index >= 15 is 0 Å². The number of carbonyl (C=O) groups is 2. The van der Waals surface area contributed by atoms with Crippen molar-refractivity contribution in [3.63, 3.8) is 0 Å². The molecule has 0 aromatic heterocycles. The summed E-state index contributed by atoms with van der Waals surface area (Å²) in [6, 6.07) is 6.04. The molecule has 3 N–H and O–H groups in total. The fourth-order valence-electron chi connectivity index (χ4n) is 2.17. The second kappa shape index (κ2) is 7.53. The predicted molar refractivity (Wildman–Crippen MR) is 85.4 cm³/mol. The molecule has 0 saturated carbocycles. The zero-order valence-electron chi connectivity index (χ0n) is 12.8. The zero-order chi connectivity index (χ0) is 16.9. The Morgan fingerprint density at radius 2 is 2.17 bits per heavy atom. The fraction of sp³-hybridized carbons (Fsp3) is 0.429. The van der Waals surface area contributed by atoms with E-state index in [4.69, 9.17) is 0 Å². The van der Waals surface area contributed by atoms with Crippen LogP contribution in [0.25, 0.3) is 0 Å². The van der Waals surface area contributed by atoms with Crippen LogP contribution in [0.15, 0.2) is 29.2 Å². The molecule has 0 atom stereocenters. The number of benzene rings is 1. The molecule has 1 aliphatic heterocycles. The maximum atomic E-state index is 12.6. The molecule has 2 rings (SSSR count). The van der Waals surface area contributed by atoms with Crippen LogP contribution in [0.1, 0.15) is 6.42 Å². The Hall–Kier alpha value is -1.97. The highest BCUT2D eigenvalue weighted by Gasteiger charge is 2.29. The molecule has 1 fully saturated rings. The smallest absolute Gasteiger partial charge is 0.243 e. The van der Waals surface area contributed by atoms with Crippen molar-refractivity contribution in [2.45, 2.75) is 11.3 Å². The van der Waals surface area contributed by atoms with E-state index < -0.39 is 10.0 Å². The summed E-state index contributed by atoms with van der Waals surface area (Å²) in [7, 11) is -2.02. The lowest BCUT2D eigenvalue weighted by molar-refractivity contribution is -0.122. The summed E-state index contributed by atoms with van der Waals surface area (Å²) in [5.41, 5.74) is 0.411. The van der Waals surface area contributed by atoms with Gasteiger partial charge < -0.3 is 16.0 Å². The zero-order valence-corrected chi connectivity index (χ0v) is 13.6. The number of rotatable bonds is 6. The van der Waals surface area contributed by atoms with Crippen LogP contribution >= 0.6 is 0 Å². The van der Waals surface area contributed by atoms with Crippen molar-refractivity contribution in [1.29, 1.82) is 0 Å². The molecule has 23 heavy (non-hydrogen) atoms. The highest BCUT2D eigenvalue weighted by atomic mass is 32.2. The molecule has 8 nitrogen and oxygen atoms in total. The predicted octanol–water partition coefficient (Wildman–Crippen LogP) is -0.645. The van der Waals surface area contributed by atoms with Gasteiger partial charge in [-0.2, -0.15) is 4.31 Å². The average Bonchev–Trinajstić information content (AvgIpc) is 2.53. The Labute approximate surface area is 135 Å². The topological polar surface area (TPSA) is 108 Å². The van der Waals surface area contributed by atoms with Crippen LogP contribution in [0, 0.1) is 0 Å². The Morgan fingerprint density at radius 1 is 1.39 bits per heavy atom. The number of nitrogens with one attached hydrogen (secondary N) is 3. The SMILES string of the molecule is CNCCC(=O)Nc1cccc(S(=O)(=O)N2CCNC(=O)C2)c1. The van der Waals surface area contributed by atoms with Crippen LogP contribution in [-0.4, -0.2) is 57.8 Å². The Kier molecular flexibility index (Phi) is 5.69. The van der Waals surface area contributed by atoms with E-state index in [-0.39, 0.29) is 29.8 Å². The lowest BCUT2D eigenvalue weighted by atomic mass is 10.3. The summed E-state index contributed by atoms with van der Waals surface area (Å²) in [6.07, 6.45) is 0.291. The van der Waals surface area contributed by atoms with Crippen LogP contribution in [0.4, 0.5) is 5.69 Å². The molecule has 1 saturated heterocycles. The van der Waals surface area contributed by atoms with Crippen molar-refractivity contribution < 1.29 is 18.0 Å². The quantitative estimate of drug-likeness (QED) is 0.638. The van der Waals surface area contributed by atoms with E-state index in [0.29, 0.717) is 25.2 Å². The van der Waals surface area contributed by atoms with Crippen molar-refractivity contribution in [3.8, 4) is 0 Å². The standard InChI is InChI=1S/C14H20N4O4S/c1-15-6-5-13(19)17-11-3-2-4-12(9-11)23(21,22)18-8-7-16-14(20)10-18/h2-4,9,15H,5-8,10H2,1H3,(H,16,20)(H,17,19). The minimum absolute atomic E-state index is 0.0543. The first-order valence-electron chi connectivity index (χ1n) is 7.25. The lowest BCUT2D eigenvalue weighted by Gasteiger charge is -2.26. The molecule has 126 valence electrons. The second-order valence-electron chi connectivity index (χ2n) is 5.12. The Morgan fingerprint density at radius 3 is 2.87 bits per heavy atom. The van der Waals surface area contributed by atoms with E-state index in [1.54, 1.807) is 19.2 Å². The van der Waals surface area contributed by atoms with Crippen LogP contribution in [0.3, 0.4) is 0 Å². The first-order valence-corrected chi connectivity index (χ1v) is 8.69. The molecule has 0 unspecified atom stereocenters. The second-order valence-corrected chi connectivity index (χ2v) is 7.06. The van der Waals surface area contributed by atoms with Crippen LogP contribution < -0.4 is 16.0 Å². The molecule has 0 spiro atoms. The van der Waals surface area contributed by atoms with Gasteiger partial charge in [0.2, 0.25) is 21.8 Å². The molecular weight excluding hydrogens is 320 g/mol. The number of nitrogens with zero attached hydrogens (tertiary/aromatic N) is 1. The fourth-order valence-corrected chi connectivity index (χ4v) is 3.61. The molecule has 1 aromatic carbocycles. The monoisotopic (exact) mass is 340 g/mol. The first kappa shape index (κ1) is 17.4. The minimum atomic E-state index is -3.76. The third kappa shape index (κ3) is 4.50. The molecule has 1 heterocycles. The van der Waals surface area contributed by atoms with E-state index in [1.807, 2.05) is 0 Å². The van der Waals surface area contributed by atoms with E-state index in [2.05, 4.69) is 16.0 Å². The third-order valence-corrected chi connectivity index (χ3v) is 5.20. The molecule has 1 aliphatic rings. The molecular formula is C14H20N4O4S. The summed E-state index contributed by atoms with van der Waals surface area (Å²) in [5, 5.41) is 8.11. The van der Waals surface area contributed by atoms with E-state index in [9.17, 15) is 18.0 Å². The van der Waals surface area contributed by atoms with Gasteiger partial charge >= 0.3 is 0 Å². The summed E-state index contributed by atoms with van der Waals surface area (Å²) < 4.78 is 26.3. The molecule has 0 radical (unpaired) electrons. The molecule has 0 aliphatic carbocycles. The van der Waals surface area contributed by atoms with Crippen LogP contribution in [0.5, 0.6) is 0 Å². The number of hydrogen-bond acceptors (Lipinski definition) is 5. The van der Waals surface area contributed by atoms with Gasteiger partial charge in [0.25, 0.3) is 0 Å². The van der Waals surface area contributed by atoms with Gasteiger partial charge in [-0.05, 0) is 25.2 Å². The third-order valence-electron chi connectivity index (χ3n) is 3.36. The van der Waals surface area contributed by atoms with Gasteiger partial charge in [0.05, 0.1) is 11.4 Å². The number of sulfonamides is 1. The van der Waals surface area contributed by atoms with Gasteiger partial charge in [0.1, 0.15) is 0 Å². The van der Waals surface area contributed by atoms with Crippen molar-refractivity contribution in [1.82, 2.24) is 14.9 Å². The van der Waals surface area contributed by atoms with Crippen molar-refractivity contribution in [3.05, 3.63) is 24.3 Å². The normalized spacial score (nSPS) is 16.0. The van der Waals surface area contributed by atoms with Crippen molar-refractivity contribution in [2.24, 2.45) is 0 Å². The molecule has 1 aromatic rings. The highest BCUT2D eigenvalue weighted by Crippen LogP contribution is 2.20. The Bertz CT molecular complexity index is 690. The Balaban J connectivity index is 2.14. The van der Waals surface area contributed by atoms with Crippen LogP contribution in [-0.2, 0) is 19.6 Å². The highest BCUT2D eigenvalue weighted by molar-refractivity contribution is 7.89. The lowest BCUT2D eigenvalue weighted by Crippen LogP contribution is -2.49. The minimum Gasteiger partial charge on any atom is -0.354 e. The number of anilines is 1. The summed E-state index contributed by atoms with van der Waals surface area (Å²) in [6.45, 7) is 0.860. The van der Waals surface area contributed by atoms with Crippen molar-refractivity contribution in [2.75, 3.05) is 38.5 Å². The molecule has 0 bridgehead atoms. The van der Waals surface area contributed by atoms with Gasteiger partial charge in [0, 0.05) is 31.7 Å². The van der Waals surface area contributed by atoms with Gasteiger partial charge in [0.15, 0.2) is 0 Å². The maximum absolute atomic E-state index is 12.6. The van der Waals surface area contributed by atoms with Crippen molar-refractivity contribution >= 4 is 27.5 Å². The first-order chi connectivity index (χ1) is 10.9. The van der Waals surface area contributed by atoms with Gasteiger partial charge in [-0.15, -0.1) is 0 Å². The van der Waals surface area contributed by atoms with Gasteiger partial charge in [-0.1, -0.05) is 6.07 Å². The summed E-state index contributed by atoms with van der Waals surface area (Å²) in [5.74, 6) is -0.525. The van der Waals surface area contributed by atoms with Gasteiger partial charge in [-0.25, -0.2) is 8.42 Å². The number of amides is 2. The van der Waals surface area contributed by atoms with E-state index in [1.165, 1.54) is 12.1 Å². The molecule has 2 amide bonds. The number of hydrogen-bond donors (Lipinski definition) is 3. The van der Waals surface area contributed by atoms with Crippen LogP contribution in [0.2, 0.25) is 0 Å². The number of piperazine rings is 1. The largest absolute Gasteiger partial charge is 0.354 e. The number of carbonyl (C=O) groups excluding carboxylic acids is 2. The van der Waals surface area contributed by atoms with E-state index in [0.717, 1.165) is 4.31 Å². The van der Waals surface area contributed by atoms with Gasteiger partial charge in [-0.3, -0.25) is 9.59 Å². The average molecular weight is 340 g/mol. The summed E-state index contributed by atoms with van der Waals surface area (Å²) >= 11 is 0.